The Labute approximate surface area is 245 Å². The third kappa shape index (κ3) is 5.54. The van der Waals surface area contributed by atoms with Crippen LogP contribution in [-0.2, 0) is 6.54 Å². The first-order valence-electron chi connectivity index (χ1n) is 14.3. The minimum absolute atomic E-state index is 0.0133. The van der Waals surface area contributed by atoms with Crippen LogP contribution < -0.4 is 24.4 Å². The molecule has 5 heterocycles. The highest BCUT2D eigenvalue weighted by atomic mass is 16.5. The maximum atomic E-state index is 9.97. The predicted octanol–water partition coefficient (Wildman–Crippen LogP) is 2.39. The van der Waals surface area contributed by atoms with Crippen LogP contribution in [0.2, 0.25) is 0 Å². The zero-order chi connectivity index (χ0) is 29.2. The first-order chi connectivity index (χ1) is 20.5. The number of fused-ring (bicyclic) bond motifs is 1. The summed E-state index contributed by atoms with van der Waals surface area (Å²) in [5.41, 5.74) is 2.79. The Balaban J connectivity index is 1.33. The van der Waals surface area contributed by atoms with Crippen molar-refractivity contribution in [3.05, 3.63) is 42.5 Å². The molecule has 3 aromatic heterocycles. The number of hydrogen-bond acceptors (Lipinski definition) is 11. The fourth-order valence-electron chi connectivity index (χ4n) is 5.75. The molecule has 0 saturated carbocycles. The van der Waals surface area contributed by atoms with Gasteiger partial charge < -0.3 is 39.0 Å². The van der Waals surface area contributed by atoms with Crippen LogP contribution in [0.5, 0.6) is 17.2 Å². The quantitative estimate of drug-likeness (QED) is 0.289. The second-order valence-corrected chi connectivity index (χ2v) is 10.8. The van der Waals surface area contributed by atoms with Crippen LogP contribution in [-0.4, -0.2) is 113 Å². The number of likely N-dealkylation sites (N-methyl/N-ethyl adjacent to an activating group) is 1. The summed E-state index contributed by atoms with van der Waals surface area (Å²) in [7, 11) is 6.94. The van der Waals surface area contributed by atoms with Crippen LogP contribution >= 0.6 is 0 Å². The lowest BCUT2D eigenvalue weighted by Crippen LogP contribution is -2.43. The van der Waals surface area contributed by atoms with Crippen molar-refractivity contribution in [2.75, 3.05) is 77.9 Å². The maximum absolute atomic E-state index is 9.97. The fraction of sp³-hybridized carbons (Fsp3) is 0.483. The van der Waals surface area contributed by atoms with E-state index >= 15 is 0 Å². The van der Waals surface area contributed by atoms with Gasteiger partial charge in [0.1, 0.15) is 12.0 Å². The molecule has 13 heteroatoms. The van der Waals surface area contributed by atoms with Gasteiger partial charge >= 0.3 is 0 Å². The molecule has 1 aromatic carbocycles. The van der Waals surface area contributed by atoms with E-state index in [0.717, 1.165) is 63.4 Å². The van der Waals surface area contributed by atoms with E-state index in [0.29, 0.717) is 35.0 Å². The van der Waals surface area contributed by atoms with E-state index in [2.05, 4.69) is 44.3 Å². The molecule has 2 N–H and O–H groups in total. The number of aliphatic hydroxyl groups excluding tert-OH is 1. The molecule has 6 rings (SSSR count). The molecule has 0 spiro atoms. The molecule has 224 valence electrons. The van der Waals surface area contributed by atoms with Crippen LogP contribution in [0.3, 0.4) is 0 Å². The van der Waals surface area contributed by atoms with Gasteiger partial charge in [0, 0.05) is 57.6 Å². The second-order valence-electron chi connectivity index (χ2n) is 10.8. The molecule has 0 bridgehead atoms. The molecule has 0 amide bonds. The minimum Gasteiger partial charge on any atom is -0.493 e. The lowest BCUT2D eigenvalue weighted by Gasteiger charge is -2.32. The third-order valence-electron chi connectivity index (χ3n) is 8.12. The molecule has 0 aliphatic carbocycles. The molecular weight excluding hydrogens is 538 g/mol. The van der Waals surface area contributed by atoms with E-state index < -0.39 is 0 Å². The Kier molecular flexibility index (Phi) is 8.05. The summed E-state index contributed by atoms with van der Waals surface area (Å²) in [4.78, 5) is 21.4. The molecule has 2 fully saturated rings. The fourth-order valence-corrected chi connectivity index (χ4v) is 5.75. The van der Waals surface area contributed by atoms with Gasteiger partial charge in [-0.25, -0.2) is 4.98 Å². The number of piperazine rings is 1. The molecule has 2 saturated heterocycles. The SMILES string of the molecule is COc1cc(-n2cnc(Nc3nc(N4CCC[C@H]4CO)nc4cc(CN5CCN(C)CC5)cn34)c2)cc(OC)c1OC. The van der Waals surface area contributed by atoms with Crippen molar-refractivity contribution < 1.29 is 19.3 Å². The zero-order valence-electron chi connectivity index (χ0n) is 24.7. The largest absolute Gasteiger partial charge is 0.493 e. The number of benzene rings is 1. The highest BCUT2D eigenvalue weighted by molar-refractivity contribution is 5.61. The summed E-state index contributed by atoms with van der Waals surface area (Å²) in [6.07, 6.45) is 7.62. The second kappa shape index (κ2) is 12.0. The van der Waals surface area contributed by atoms with Crippen LogP contribution in [0.1, 0.15) is 18.4 Å². The van der Waals surface area contributed by atoms with Gasteiger partial charge in [-0.3, -0.25) is 9.30 Å². The number of aliphatic hydroxyl groups is 1. The number of hydrogen-bond donors (Lipinski definition) is 2. The Hall–Kier alpha value is -4.07. The van der Waals surface area contributed by atoms with Gasteiger partial charge in [0.2, 0.25) is 17.6 Å². The monoisotopic (exact) mass is 577 g/mol. The van der Waals surface area contributed by atoms with Gasteiger partial charge in [0.15, 0.2) is 17.3 Å². The number of rotatable bonds is 10. The summed E-state index contributed by atoms with van der Waals surface area (Å²) in [6.45, 7) is 5.94. The van der Waals surface area contributed by atoms with E-state index in [1.54, 1.807) is 27.7 Å². The molecule has 2 aliphatic rings. The van der Waals surface area contributed by atoms with E-state index in [4.69, 9.17) is 24.2 Å². The summed E-state index contributed by atoms with van der Waals surface area (Å²) >= 11 is 0. The summed E-state index contributed by atoms with van der Waals surface area (Å²) in [6, 6.07) is 5.88. The lowest BCUT2D eigenvalue weighted by molar-refractivity contribution is 0.148. The lowest BCUT2D eigenvalue weighted by atomic mass is 10.2. The summed E-state index contributed by atoms with van der Waals surface area (Å²) in [5.74, 6) is 3.47. The number of imidazole rings is 1. The number of aromatic nitrogens is 5. The van der Waals surface area contributed by atoms with Gasteiger partial charge in [0.05, 0.1) is 45.9 Å². The van der Waals surface area contributed by atoms with Crippen LogP contribution in [0.4, 0.5) is 17.7 Å². The van der Waals surface area contributed by atoms with Crippen molar-refractivity contribution in [3.63, 3.8) is 0 Å². The van der Waals surface area contributed by atoms with E-state index in [1.165, 1.54) is 5.56 Å². The molecule has 1 atom stereocenters. The highest BCUT2D eigenvalue weighted by Crippen LogP contribution is 2.39. The van der Waals surface area contributed by atoms with Crippen LogP contribution in [0.25, 0.3) is 11.3 Å². The van der Waals surface area contributed by atoms with Gasteiger partial charge in [0.25, 0.3) is 0 Å². The maximum Gasteiger partial charge on any atom is 0.230 e. The Morgan fingerprint density at radius 2 is 1.71 bits per heavy atom. The Morgan fingerprint density at radius 1 is 0.952 bits per heavy atom. The number of nitrogens with zero attached hydrogens (tertiary/aromatic N) is 8. The van der Waals surface area contributed by atoms with Crippen molar-refractivity contribution in [3.8, 4) is 22.9 Å². The Morgan fingerprint density at radius 3 is 2.40 bits per heavy atom. The van der Waals surface area contributed by atoms with Crippen molar-refractivity contribution in [2.24, 2.45) is 0 Å². The average molecular weight is 578 g/mol. The third-order valence-corrected chi connectivity index (χ3v) is 8.12. The summed E-state index contributed by atoms with van der Waals surface area (Å²) < 4.78 is 20.4. The van der Waals surface area contributed by atoms with E-state index in [1.807, 2.05) is 27.3 Å². The first kappa shape index (κ1) is 28.1. The number of methoxy groups -OCH3 is 3. The van der Waals surface area contributed by atoms with Gasteiger partial charge in [-0.2, -0.15) is 9.97 Å². The molecule has 13 nitrogen and oxygen atoms in total. The number of ether oxygens (including phenoxy) is 3. The summed E-state index contributed by atoms with van der Waals surface area (Å²) in [5, 5.41) is 13.4. The zero-order valence-corrected chi connectivity index (χ0v) is 24.7. The molecule has 4 aromatic rings. The normalized spacial score (nSPS) is 18.1. The highest BCUT2D eigenvalue weighted by Gasteiger charge is 2.27. The van der Waals surface area contributed by atoms with Gasteiger partial charge in [-0.05, 0) is 31.5 Å². The van der Waals surface area contributed by atoms with E-state index in [9.17, 15) is 5.11 Å². The molecule has 42 heavy (non-hydrogen) atoms. The van der Waals surface area contributed by atoms with Crippen LogP contribution in [0, 0.1) is 0 Å². The van der Waals surface area contributed by atoms with Crippen molar-refractivity contribution in [1.29, 1.82) is 0 Å². The van der Waals surface area contributed by atoms with Crippen molar-refractivity contribution >= 4 is 23.4 Å². The minimum atomic E-state index is 0.0133. The number of nitrogens with one attached hydrogen (secondary N) is 1. The first-order valence-corrected chi connectivity index (χ1v) is 14.3. The molecule has 0 radical (unpaired) electrons. The van der Waals surface area contributed by atoms with Crippen LogP contribution in [0.15, 0.2) is 36.9 Å². The molecule has 0 unspecified atom stereocenters. The van der Waals surface area contributed by atoms with Gasteiger partial charge in [-0.1, -0.05) is 0 Å². The number of anilines is 3. The Bertz CT molecular complexity index is 1500. The van der Waals surface area contributed by atoms with Crippen molar-refractivity contribution in [2.45, 2.75) is 25.4 Å². The van der Waals surface area contributed by atoms with Crippen molar-refractivity contribution in [1.82, 2.24) is 33.7 Å². The molecule has 2 aliphatic heterocycles. The standard InChI is InChI=1S/C29H39N9O4/c1-34-8-10-35(11-9-34)15-20-12-26-32-29(37-7-5-6-21(37)18-39)33-28(38(26)16-20)31-25-17-36(19-30-25)22-13-23(40-2)27(42-4)24(14-22)41-3/h12-14,16-17,19,21,39H,5-11,15,18H2,1-4H3,(H,31,32,33)/t21-/m0/s1. The topological polar surface area (TPSA) is 118 Å². The van der Waals surface area contributed by atoms with E-state index in [-0.39, 0.29) is 12.6 Å². The van der Waals surface area contributed by atoms with Gasteiger partial charge in [-0.15, -0.1) is 0 Å². The average Bonchev–Trinajstić information content (AvgIpc) is 3.77. The predicted molar refractivity (Wildman–Crippen MR) is 160 cm³/mol. The smallest absolute Gasteiger partial charge is 0.230 e. The molecular formula is C29H39N9O4.